The summed E-state index contributed by atoms with van der Waals surface area (Å²) in [6.07, 6.45) is 0. The highest BCUT2D eigenvalue weighted by atomic mass is 127. The topological polar surface area (TPSA) is 55.1 Å². The van der Waals surface area contributed by atoms with Gasteiger partial charge in [-0.05, 0) is 69.4 Å². The maximum absolute atomic E-state index is 12.2. The molecular weight excluding hydrogens is 489 g/mol. The van der Waals surface area contributed by atoms with Crippen LogP contribution in [0.1, 0.15) is 10.4 Å². The molecule has 0 heterocycles. The van der Waals surface area contributed by atoms with Crippen molar-refractivity contribution < 1.29 is 4.79 Å². The molecule has 0 spiro atoms. The van der Waals surface area contributed by atoms with E-state index in [9.17, 15) is 4.79 Å². The normalized spacial score (nSPS) is 10.3. The molecule has 0 unspecified atom stereocenters. The Kier molecular flexibility index (Phi) is 4.91. The molecule has 0 saturated carbocycles. The molecule has 0 fully saturated rings. The van der Waals surface area contributed by atoms with Gasteiger partial charge in [0.05, 0.1) is 22.0 Å². The number of anilines is 2. The second-order valence-electron chi connectivity index (χ2n) is 3.78. The van der Waals surface area contributed by atoms with E-state index in [-0.39, 0.29) is 5.91 Å². The zero-order chi connectivity index (χ0) is 14.0. The lowest BCUT2D eigenvalue weighted by Gasteiger charge is -2.10. The maximum Gasteiger partial charge on any atom is 0.257 e. The Balaban J connectivity index is 2.33. The zero-order valence-electron chi connectivity index (χ0n) is 9.58. The summed E-state index contributed by atoms with van der Waals surface area (Å²) in [5.74, 6) is -0.262. The van der Waals surface area contributed by atoms with E-state index < -0.39 is 0 Å². The molecule has 0 saturated heterocycles. The molecule has 2 aromatic rings. The molecule has 0 bridgehead atoms. The van der Waals surface area contributed by atoms with Crippen molar-refractivity contribution in [1.29, 1.82) is 0 Å². The average Bonchev–Trinajstić information content (AvgIpc) is 2.36. The number of benzene rings is 2. The minimum atomic E-state index is -0.262. The predicted molar refractivity (Wildman–Crippen MR) is 95.7 cm³/mol. The van der Waals surface area contributed by atoms with Gasteiger partial charge in [0.25, 0.3) is 5.91 Å². The van der Waals surface area contributed by atoms with Crippen LogP contribution in [0.15, 0.2) is 36.4 Å². The van der Waals surface area contributed by atoms with Gasteiger partial charge < -0.3 is 11.1 Å². The SMILES string of the molecule is Nc1c(I)cc(I)cc1C(=O)Nc1ccccc1Cl. The Hall–Kier alpha value is -0.540. The molecule has 3 N–H and O–H groups in total. The Labute approximate surface area is 143 Å². The van der Waals surface area contributed by atoms with Crippen molar-refractivity contribution in [3.05, 3.63) is 54.1 Å². The van der Waals surface area contributed by atoms with Gasteiger partial charge in [0.2, 0.25) is 0 Å². The molecule has 2 aromatic carbocycles. The number of carbonyl (C=O) groups excluding carboxylic acids is 1. The summed E-state index contributed by atoms with van der Waals surface area (Å²) < 4.78 is 1.81. The summed E-state index contributed by atoms with van der Waals surface area (Å²) >= 11 is 10.3. The van der Waals surface area contributed by atoms with E-state index >= 15 is 0 Å². The minimum absolute atomic E-state index is 0.262. The van der Waals surface area contributed by atoms with E-state index in [2.05, 4.69) is 50.5 Å². The van der Waals surface area contributed by atoms with Gasteiger partial charge in [-0.15, -0.1) is 0 Å². The summed E-state index contributed by atoms with van der Waals surface area (Å²) in [4.78, 5) is 12.2. The second kappa shape index (κ2) is 6.27. The Bertz CT molecular complexity index is 647. The van der Waals surface area contributed by atoms with Gasteiger partial charge in [0.1, 0.15) is 0 Å². The summed E-state index contributed by atoms with van der Waals surface area (Å²) in [5.41, 5.74) is 7.44. The highest BCUT2D eigenvalue weighted by molar-refractivity contribution is 14.1. The van der Waals surface area contributed by atoms with Crippen LogP contribution < -0.4 is 11.1 Å². The number of hydrogen-bond donors (Lipinski definition) is 2. The van der Waals surface area contributed by atoms with Gasteiger partial charge in [0, 0.05) is 7.14 Å². The van der Waals surface area contributed by atoms with Gasteiger partial charge in [-0.2, -0.15) is 0 Å². The van der Waals surface area contributed by atoms with Crippen LogP contribution in [0.2, 0.25) is 5.02 Å². The third-order valence-corrected chi connectivity index (χ3v) is 4.31. The molecule has 0 aliphatic heterocycles. The van der Waals surface area contributed by atoms with Crippen molar-refractivity contribution in [3.63, 3.8) is 0 Å². The van der Waals surface area contributed by atoms with Crippen LogP contribution >= 0.6 is 56.8 Å². The number of hydrogen-bond acceptors (Lipinski definition) is 2. The van der Waals surface area contributed by atoms with Crippen molar-refractivity contribution in [2.45, 2.75) is 0 Å². The standard InChI is InChI=1S/C13H9ClI2N2O/c14-9-3-1-2-4-11(9)18-13(19)8-5-7(15)6-10(16)12(8)17/h1-6H,17H2,(H,18,19). The average molecular weight is 498 g/mol. The molecule has 1 amide bonds. The number of para-hydroxylation sites is 1. The van der Waals surface area contributed by atoms with E-state index in [0.29, 0.717) is 22.0 Å². The van der Waals surface area contributed by atoms with Crippen LogP contribution in [-0.2, 0) is 0 Å². The van der Waals surface area contributed by atoms with Gasteiger partial charge >= 0.3 is 0 Å². The maximum atomic E-state index is 12.2. The number of rotatable bonds is 2. The van der Waals surface area contributed by atoms with Crippen molar-refractivity contribution in [2.75, 3.05) is 11.1 Å². The predicted octanol–water partition coefficient (Wildman–Crippen LogP) is 4.38. The van der Waals surface area contributed by atoms with Gasteiger partial charge in [-0.3, -0.25) is 4.79 Å². The lowest BCUT2D eigenvalue weighted by Crippen LogP contribution is -2.15. The number of amides is 1. The first kappa shape index (κ1) is 14.9. The van der Waals surface area contributed by atoms with Crippen molar-refractivity contribution in [3.8, 4) is 0 Å². The summed E-state index contributed by atoms with van der Waals surface area (Å²) in [6, 6.07) is 10.8. The van der Waals surface area contributed by atoms with Crippen molar-refractivity contribution in [2.24, 2.45) is 0 Å². The summed E-state index contributed by atoms with van der Waals surface area (Å²) in [5, 5.41) is 3.26. The van der Waals surface area contributed by atoms with Gasteiger partial charge in [-0.1, -0.05) is 23.7 Å². The van der Waals surface area contributed by atoms with Crippen molar-refractivity contribution in [1.82, 2.24) is 0 Å². The van der Waals surface area contributed by atoms with Crippen LogP contribution in [0.25, 0.3) is 0 Å². The first-order valence-corrected chi connectivity index (χ1v) is 7.83. The van der Waals surface area contributed by atoms with Crippen molar-refractivity contribution >= 4 is 74.1 Å². The number of nitrogen functional groups attached to an aromatic ring is 1. The molecule has 3 nitrogen and oxygen atoms in total. The molecular formula is C13H9ClI2N2O. The van der Waals surface area contributed by atoms with E-state index in [4.69, 9.17) is 17.3 Å². The van der Waals surface area contributed by atoms with Gasteiger partial charge in [0.15, 0.2) is 0 Å². The second-order valence-corrected chi connectivity index (χ2v) is 6.60. The van der Waals surface area contributed by atoms with Crippen LogP contribution in [0.4, 0.5) is 11.4 Å². The largest absolute Gasteiger partial charge is 0.397 e. The van der Waals surface area contributed by atoms with E-state index in [1.165, 1.54) is 0 Å². The van der Waals surface area contributed by atoms with E-state index in [1.807, 2.05) is 12.1 Å². The Morgan fingerprint density at radius 1 is 1.21 bits per heavy atom. The van der Waals surface area contributed by atoms with E-state index in [0.717, 1.165) is 7.14 Å². The fourth-order valence-corrected chi connectivity index (χ4v) is 3.55. The van der Waals surface area contributed by atoms with Crippen LogP contribution in [-0.4, -0.2) is 5.91 Å². The molecule has 0 radical (unpaired) electrons. The number of halogens is 3. The third kappa shape index (κ3) is 3.51. The first-order chi connectivity index (χ1) is 8.99. The number of nitrogens with two attached hydrogens (primary N) is 1. The fourth-order valence-electron chi connectivity index (χ4n) is 1.52. The molecule has 2 rings (SSSR count). The fraction of sp³-hybridized carbons (Fsp3) is 0. The smallest absolute Gasteiger partial charge is 0.257 e. The monoisotopic (exact) mass is 498 g/mol. The molecule has 98 valence electrons. The van der Waals surface area contributed by atoms with Crippen LogP contribution in [0.3, 0.4) is 0 Å². The first-order valence-electron chi connectivity index (χ1n) is 5.29. The van der Waals surface area contributed by atoms with Gasteiger partial charge in [-0.25, -0.2) is 0 Å². The molecule has 0 aliphatic carbocycles. The summed E-state index contributed by atoms with van der Waals surface area (Å²) in [6.45, 7) is 0. The van der Waals surface area contributed by atoms with Crippen LogP contribution in [0.5, 0.6) is 0 Å². The molecule has 0 atom stereocenters. The number of carbonyl (C=O) groups is 1. The Morgan fingerprint density at radius 2 is 1.89 bits per heavy atom. The lowest BCUT2D eigenvalue weighted by molar-refractivity contribution is 0.102. The summed E-state index contributed by atoms with van der Waals surface area (Å²) in [7, 11) is 0. The molecule has 0 aromatic heterocycles. The molecule has 0 aliphatic rings. The minimum Gasteiger partial charge on any atom is -0.397 e. The highest BCUT2D eigenvalue weighted by Gasteiger charge is 2.14. The Morgan fingerprint density at radius 3 is 2.58 bits per heavy atom. The third-order valence-electron chi connectivity index (χ3n) is 2.46. The highest BCUT2D eigenvalue weighted by Crippen LogP contribution is 2.26. The zero-order valence-corrected chi connectivity index (χ0v) is 14.7. The van der Waals surface area contributed by atoms with Crippen LogP contribution in [0, 0.1) is 7.14 Å². The quantitative estimate of drug-likeness (QED) is 0.477. The molecule has 19 heavy (non-hydrogen) atoms. The lowest BCUT2D eigenvalue weighted by atomic mass is 10.1. The molecule has 6 heteroatoms. The number of nitrogens with one attached hydrogen (secondary N) is 1. The van der Waals surface area contributed by atoms with E-state index in [1.54, 1.807) is 24.3 Å².